The standard InChI is InChI=1S/C13H21NO2/c1-2-10-8-13(16)14(9-10)7-6-11-4-3-5-12(11)15/h10-11H,2-9H2,1H3. The summed E-state index contributed by atoms with van der Waals surface area (Å²) >= 11 is 0. The lowest BCUT2D eigenvalue weighted by Gasteiger charge is -2.18. The summed E-state index contributed by atoms with van der Waals surface area (Å²) < 4.78 is 0. The second-order valence-electron chi connectivity index (χ2n) is 5.16. The first-order valence-corrected chi connectivity index (χ1v) is 6.51. The Morgan fingerprint density at radius 1 is 1.38 bits per heavy atom. The molecule has 3 nitrogen and oxygen atoms in total. The fourth-order valence-corrected chi connectivity index (χ4v) is 2.85. The van der Waals surface area contributed by atoms with E-state index in [0.29, 0.717) is 11.7 Å². The van der Waals surface area contributed by atoms with Crippen LogP contribution in [0.1, 0.15) is 45.4 Å². The first-order chi connectivity index (χ1) is 7.70. The minimum Gasteiger partial charge on any atom is -0.342 e. The molecule has 1 amide bonds. The molecule has 0 bridgehead atoms. The van der Waals surface area contributed by atoms with Gasteiger partial charge in [-0.15, -0.1) is 0 Å². The number of hydrogen-bond acceptors (Lipinski definition) is 2. The molecular formula is C13H21NO2. The number of likely N-dealkylation sites (tertiary alicyclic amines) is 1. The summed E-state index contributed by atoms with van der Waals surface area (Å²) in [5.74, 6) is 1.50. The van der Waals surface area contributed by atoms with Gasteiger partial charge in [0.25, 0.3) is 0 Å². The monoisotopic (exact) mass is 223 g/mol. The van der Waals surface area contributed by atoms with Crippen LogP contribution in [0.2, 0.25) is 0 Å². The zero-order valence-corrected chi connectivity index (χ0v) is 10.1. The second kappa shape index (κ2) is 4.98. The van der Waals surface area contributed by atoms with Crippen LogP contribution < -0.4 is 0 Å². The van der Waals surface area contributed by atoms with Crippen LogP contribution in [0.5, 0.6) is 0 Å². The number of hydrogen-bond donors (Lipinski definition) is 0. The van der Waals surface area contributed by atoms with Crippen molar-refractivity contribution in [2.45, 2.75) is 45.4 Å². The minimum absolute atomic E-state index is 0.244. The van der Waals surface area contributed by atoms with Crippen molar-refractivity contribution in [1.29, 1.82) is 0 Å². The molecule has 2 fully saturated rings. The lowest BCUT2D eigenvalue weighted by molar-refractivity contribution is -0.128. The van der Waals surface area contributed by atoms with Gasteiger partial charge in [-0.3, -0.25) is 9.59 Å². The molecule has 1 saturated heterocycles. The molecule has 0 radical (unpaired) electrons. The van der Waals surface area contributed by atoms with E-state index >= 15 is 0 Å². The molecule has 1 heterocycles. The lowest BCUT2D eigenvalue weighted by Crippen LogP contribution is -2.28. The smallest absolute Gasteiger partial charge is 0.222 e. The van der Waals surface area contributed by atoms with Gasteiger partial charge in [-0.25, -0.2) is 0 Å². The van der Waals surface area contributed by atoms with Crippen LogP contribution in [0, 0.1) is 11.8 Å². The molecule has 2 unspecified atom stereocenters. The molecule has 2 rings (SSSR count). The highest BCUT2D eigenvalue weighted by atomic mass is 16.2. The summed E-state index contributed by atoms with van der Waals surface area (Å²) in [5, 5.41) is 0. The highest BCUT2D eigenvalue weighted by molar-refractivity contribution is 5.83. The highest BCUT2D eigenvalue weighted by Crippen LogP contribution is 2.26. The van der Waals surface area contributed by atoms with Gasteiger partial charge < -0.3 is 4.90 Å². The van der Waals surface area contributed by atoms with Gasteiger partial charge in [-0.1, -0.05) is 13.3 Å². The maximum absolute atomic E-state index is 11.7. The average Bonchev–Trinajstić information content (AvgIpc) is 2.82. The van der Waals surface area contributed by atoms with E-state index in [1.54, 1.807) is 0 Å². The van der Waals surface area contributed by atoms with Crippen LogP contribution in [-0.4, -0.2) is 29.7 Å². The molecule has 90 valence electrons. The molecule has 0 N–H and O–H groups in total. The van der Waals surface area contributed by atoms with Crippen LogP contribution in [0.4, 0.5) is 0 Å². The van der Waals surface area contributed by atoms with Crippen molar-refractivity contribution in [2.24, 2.45) is 11.8 Å². The third-order valence-corrected chi connectivity index (χ3v) is 4.05. The van der Waals surface area contributed by atoms with Crippen molar-refractivity contribution in [3.8, 4) is 0 Å². The highest BCUT2D eigenvalue weighted by Gasteiger charge is 2.30. The number of ketones is 1. The van der Waals surface area contributed by atoms with Crippen molar-refractivity contribution < 1.29 is 9.59 Å². The summed E-state index contributed by atoms with van der Waals surface area (Å²) in [6.45, 7) is 3.85. The van der Waals surface area contributed by atoms with E-state index in [9.17, 15) is 9.59 Å². The van der Waals surface area contributed by atoms with Crippen LogP contribution in [0.15, 0.2) is 0 Å². The lowest BCUT2D eigenvalue weighted by atomic mass is 10.0. The van der Waals surface area contributed by atoms with Crippen LogP contribution in [0.3, 0.4) is 0 Å². The predicted octanol–water partition coefficient (Wildman–Crippen LogP) is 2.00. The van der Waals surface area contributed by atoms with E-state index in [0.717, 1.165) is 51.6 Å². The number of rotatable bonds is 4. The van der Waals surface area contributed by atoms with Gasteiger partial charge in [0.15, 0.2) is 0 Å². The zero-order chi connectivity index (χ0) is 11.5. The molecule has 0 spiro atoms. The number of carbonyl (C=O) groups is 2. The van der Waals surface area contributed by atoms with E-state index in [1.165, 1.54) is 0 Å². The van der Waals surface area contributed by atoms with Crippen molar-refractivity contribution in [2.75, 3.05) is 13.1 Å². The largest absolute Gasteiger partial charge is 0.342 e. The van der Waals surface area contributed by atoms with Gasteiger partial charge in [0.05, 0.1) is 0 Å². The van der Waals surface area contributed by atoms with Gasteiger partial charge in [-0.2, -0.15) is 0 Å². The molecule has 2 atom stereocenters. The Bertz CT molecular complexity index is 288. The van der Waals surface area contributed by atoms with Crippen LogP contribution in [0.25, 0.3) is 0 Å². The topological polar surface area (TPSA) is 37.4 Å². The summed E-state index contributed by atoms with van der Waals surface area (Å²) in [6.07, 6.45) is 5.55. The van der Waals surface area contributed by atoms with Crippen LogP contribution >= 0.6 is 0 Å². The Hall–Kier alpha value is -0.860. The predicted molar refractivity (Wildman–Crippen MR) is 61.9 cm³/mol. The second-order valence-corrected chi connectivity index (χ2v) is 5.16. The van der Waals surface area contributed by atoms with Gasteiger partial charge in [0, 0.05) is 31.8 Å². The number of nitrogens with zero attached hydrogens (tertiary/aromatic N) is 1. The fraction of sp³-hybridized carbons (Fsp3) is 0.846. The number of Topliss-reactive ketones (excluding diaryl/α,β-unsaturated/α-hetero) is 1. The third-order valence-electron chi connectivity index (χ3n) is 4.05. The SMILES string of the molecule is CCC1CC(=O)N(CCC2CCCC2=O)C1. The summed E-state index contributed by atoms with van der Waals surface area (Å²) in [6, 6.07) is 0. The Labute approximate surface area is 97.2 Å². The molecule has 0 aromatic carbocycles. The molecule has 2 aliphatic rings. The first-order valence-electron chi connectivity index (χ1n) is 6.51. The van der Waals surface area contributed by atoms with Crippen molar-refractivity contribution in [3.63, 3.8) is 0 Å². The Balaban J connectivity index is 1.77. The van der Waals surface area contributed by atoms with E-state index in [-0.39, 0.29) is 11.8 Å². The molecule has 1 aliphatic heterocycles. The molecular weight excluding hydrogens is 202 g/mol. The summed E-state index contributed by atoms with van der Waals surface area (Å²) in [5.41, 5.74) is 0. The number of carbonyl (C=O) groups excluding carboxylic acids is 2. The van der Waals surface area contributed by atoms with E-state index in [1.807, 2.05) is 4.90 Å². The van der Waals surface area contributed by atoms with Gasteiger partial charge >= 0.3 is 0 Å². The van der Waals surface area contributed by atoms with Crippen LogP contribution in [-0.2, 0) is 9.59 Å². The maximum atomic E-state index is 11.7. The average molecular weight is 223 g/mol. The zero-order valence-electron chi connectivity index (χ0n) is 10.1. The minimum atomic E-state index is 0.244. The Morgan fingerprint density at radius 3 is 2.75 bits per heavy atom. The molecule has 1 saturated carbocycles. The van der Waals surface area contributed by atoms with Crippen molar-refractivity contribution >= 4 is 11.7 Å². The van der Waals surface area contributed by atoms with E-state index in [4.69, 9.17) is 0 Å². The third kappa shape index (κ3) is 2.45. The van der Waals surface area contributed by atoms with Gasteiger partial charge in [0.1, 0.15) is 5.78 Å². The molecule has 3 heteroatoms. The van der Waals surface area contributed by atoms with Gasteiger partial charge in [0.2, 0.25) is 5.91 Å². The number of amides is 1. The van der Waals surface area contributed by atoms with Gasteiger partial charge in [-0.05, 0) is 25.2 Å². The first kappa shape index (κ1) is 11.6. The van der Waals surface area contributed by atoms with Crippen molar-refractivity contribution in [1.82, 2.24) is 4.90 Å². The maximum Gasteiger partial charge on any atom is 0.222 e. The summed E-state index contributed by atoms with van der Waals surface area (Å²) in [7, 11) is 0. The van der Waals surface area contributed by atoms with E-state index < -0.39 is 0 Å². The molecule has 0 aromatic heterocycles. The Kier molecular flexibility index (Phi) is 3.62. The quantitative estimate of drug-likeness (QED) is 0.731. The molecule has 0 aromatic rings. The van der Waals surface area contributed by atoms with E-state index in [2.05, 4.69) is 6.92 Å². The molecule has 16 heavy (non-hydrogen) atoms. The Morgan fingerprint density at radius 2 is 2.19 bits per heavy atom. The normalized spacial score (nSPS) is 30.4. The molecule has 1 aliphatic carbocycles. The van der Waals surface area contributed by atoms with Crippen molar-refractivity contribution in [3.05, 3.63) is 0 Å². The summed E-state index contributed by atoms with van der Waals surface area (Å²) in [4.78, 5) is 25.1. The fourth-order valence-electron chi connectivity index (χ4n) is 2.85.